The number of aryl methyl sites for hydroxylation is 1. The van der Waals surface area contributed by atoms with Gasteiger partial charge in [0.2, 0.25) is 15.8 Å². The first kappa shape index (κ1) is 19.3. The second-order valence-corrected chi connectivity index (χ2v) is 8.57. The summed E-state index contributed by atoms with van der Waals surface area (Å²) in [6.45, 7) is 5.33. The lowest BCUT2D eigenvalue weighted by molar-refractivity contribution is -0.144. The van der Waals surface area contributed by atoms with Crippen LogP contribution in [0, 0.1) is 25.7 Å². The van der Waals surface area contributed by atoms with E-state index in [1.165, 1.54) is 12.1 Å². The number of benzene rings is 1. The zero-order valence-corrected chi connectivity index (χ0v) is 16.2. The van der Waals surface area contributed by atoms with Gasteiger partial charge in [-0.2, -0.15) is 0 Å². The lowest BCUT2D eigenvalue weighted by atomic mass is 10.1. The fraction of sp³-hybridized carbons (Fsp3) is 0.368. The maximum atomic E-state index is 12.5. The maximum Gasteiger partial charge on any atom is 0.309 e. The highest BCUT2D eigenvalue weighted by atomic mass is 32.2. The van der Waals surface area contributed by atoms with Crippen LogP contribution in [0.3, 0.4) is 0 Å². The van der Waals surface area contributed by atoms with E-state index in [1.807, 2.05) is 18.4 Å². The molecule has 2 atom stereocenters. The van der Waals surface area contributed by atoms with E-state index in [2.05, 4.69) is 0 Å². The number of esters is 1. The lowest BCUT2D eigenvalue weighted by Gasteiger charge is -2.10. The van der Waals surface area contributed by atoms with Gasteiger partial charge in [0, 0.05) is 22.6 Å². The largest absolute Gasteiger partial charge is 0.457 e. The van der Waals surface area contributed by atoms with Crippen molar-refractivity contribution in [2.75, 3.05) is 6.61 Å². The molecule has 0 aliphatic heterocycles. The molecule has 27 heavy (non-hydrogen) atoms. The van der Waals surface area contributed by atoms with Gasteiger partial charge < -0.3 is 9.30 Å². The molecule has 1 saturated carbocycles. The molecule has 1 aliphatic carbocycles. The Hall–Kier alpha value is -2.45. The van der Waals surface area contributed by atoms with E-state index >= 15 is 0 Å². The molecule has 0 spiro atoms. The number of hydrogen-bond donors (Lipinski definition) is 1. The number of hydrogen-bond acceptors (Lipinski definition) is 5. The summed E-state index contributed by atoms with van der Waals surface area (Å²) < 4.78 is 29.8. The maximum absolute atomic E-state index is 12.5. The molecule has 0 saturated heterocycles. The number of aromatic nitrogens is 1. The molecular weight excluding hydrogens is 368 g/mol. The van der Waals surface area contributed by atoms with Crippen molar-refractivity contribution in [1.82, 2.24) is 4.57 Å². The van der Waals surface area contributed by atoms with Crippen molar-refractivity contribution in [3.63, 3.8) is 0 Å². The Morgan fingerprint density at radius 3 is 2.33 bits per heavy atom. The third-order valence-corrected chi connectivity index (χ3v) is 5.84. The molecule has 144 valence electrons. The van der Waals surface area contributed by atoms with Crippen LogP contribution in [-0.2, 0) is 19.6 Å². The summed E-state index contributed by atoms with van der Waals surface area (Å²) in [5.74, 6) is -0.332. The van der Waals surface area contributed by atoms with Gasteiger partial charge in [-0.3, -0.25) is 9.59 Å². The van der Waals surface area contributed by atoms with Crippen LogP contribution in [0.15, 0.2) is 35.2 Å². The highest BCUT2D eigenvalue weighted by Gasteiger charge is 2.40. The van der Waals surface area contributed by atoms with Crippen molar-refractivity contribution in [3.05, 3.63) is 47.3 Å². The smallest absolute Gasteiger partial charge is 0.309 e. The Labute approximate surface area is 158 Å². The van der Waals surface area contributed by atoms with Crippen molar-refractivity contribution in [2.45, 2.75) is 32.1 Å². The summed E-state index contributed by atoms with van der Waals surface area (Å²) in [5.41, 5.74) is 2.68. The molecule has 0 radical (unpaired) electrons. The van der Waals surface area contributed by atoms with Crippen LogP contribution in [0.1, 0.15) is 35.1 Å². The van der Waals surface area contributed by atoms with Gasteiger partial charge in [-0.1, -0.05) is 6.92 Å². The minimum atomic E-state index is -3.76. The zero-order chi connectivity index (χ0) is 19.9. The number of carbonyl (C=O) groups is 2. The molecule has 1 heterocycles. The van der Waals surface area contributed by atoms with Gasteiger partial charge in [-0.15, -0.1) is 0 Å². The second kappa shape index (κ2) is 6.94. The van der Waals surface area contributed by atoms with E-state index < -0.39 is 10.0 Å². The van der Waals surface area contributed by atoms with Crippen LogP contribution < -0.4 is 5.14 Å². The molecular formula is C19H22N2O5S. The molecule has 3 rings (SSSR count). The van der Waals surface area contributed by atoms with Gasteiger partial charge in [0.1, 0.15) is 0 Å². The minimum absolute atomic E-state index is 0.0197. The quantitative estimate of drug-likeness (QED) is 0.600. The molecule has 1 aromatic carbocycles. The van der Waals surface area contributed by atoms with Crippen LogP contribution in [0.5, 0.6) is 0 Å². The van der Waals surface area contributed by atoms with E-state index in [4.69, 9.17) is 9.88 Å². The molecule has 2 aromatic rings. The van der Waals surface area contributed by atoms with Crippen molar-refractivity contribution >= 4 is 21.8 Å². The van der Waals surface area contributed by atoms with E-state index in [0.29, 0.717) is 22.9 Å². The van der Waals surface area contributed by atoms with Crippen molar-refractivity contribution < 1.29 is 22.7 Å². The van der Waals surface area contributed by atoms with Crippen molar-refractivity contribution in [3.8, 4) is 5.69 Å². The van der Waals surface area contributed by atoms with Gasteiger partial charge in [0.15, 0.2) is 6.61 Å². The summed E-state index contributed by atoms with van der Waals surface area (Å²) >= 11 is 0. The number of nitrogens with two attached hydrogens (primary N) is 1. The average molecular weight is 390 g/mol. The molecule has 0 amide bonds. The fourth-order valence-electron chi connectivity index (χ4n) is 3.20. The van der Waals surface area contributed by atoms with Crippen LogP contribution in [0.4, 0.5) is 0 Å². The van der Waals surface area contributed by atoms with E-state index in [1.54, 1.807) is 25.1 Å². The normalized spacial score (nSPS) is 19.0. The van der Waals surface area contributed by atoms with Gasteiger partial charge in [0.05, 0.1) is 10.8 Å². The Kier molecular flexibility index (Phi) is 4.96. The summed E-state index contributed by atoms with van der Waals surface area (Å²) in [6.07, 6.45) is 0.816. The summed E-state index contributed by atoms with van der Waals surface area (Å²) in [6, 6.07) is 7.83. The minimum Gasteiger partial charge on any atom is -0.457 e. The number of ether oxygens (including phenoxy) is 1. The summed E-state index contributed by atoms with van der Waals surface area (Å²) in [5, 5.41) is 5.12. The third kappa shape index (κ3) is 3.96. The molecule has 1 aromatic heterocycles. The SMILES string of the molecule is Cc1cc(C(=O)COC(=O)[C@H]2C[C@H]2C)c(C)n1-c1ccc(S(N)(=O)=O)cc1. The molecule has 1 aliphatic rings. The number of primary sulfonamides is 1. The number of rotatable bonds is 6. The van der Waals surface area contributed by atoms with E-state index in [9.17, 15) is 18.0 Å². The van der Waals surface area contributed by atoms with Crippen LogP contribution in [0.25, 0.3) is 5.69 Å². The highest BCUT2D eigenvalue weighted by molar-refractivity contribution is 7.89. The van der Waals surface area contributed by atoms with Crippen molar-refractivity contribution in [1.29, 1.82) is 0 Å². The summed E-state index contributed by atoms with van der Waals surface area (Å²) in [4.78, 5) is 24.3. The first-order valence-electron chi connectivity index (χ1n) is 8.61. The monoisotopic (exact) mass is 390 g/mol. The number of nitrogens with zero attached hydrogens (tertiary/aromatic N) is 1. The fourth-order valence-corrected chi connectivity index (χ4v) is 3.71. The Morgan fingerprint density at radius 1 is 1.22 bits per heavy atom. The van der Waals surface area contributed by atoms with E-state index in [-0.39, 0.29) is 29.2 Å². The molecule has 2 N–H and O–H groups in total. The molecule has 0 unspecified atom stereocenters. The van der Waals surface area contributed by atoms with E-state index in [0.717, 1.165) is 12.1 Å². The lowest BCUT2D eigenvalue weighted by Crippen LogP contribution is -2.16. The zero-order valence-electron chi connectivity index (χ0n) is 15.4. The van der Waals surface area contributed by atoms with Gasteiger partial charge >= 0.3 is 5.97 Å². The predicted molar refractivity (Wildman–Crippen MR) is 99.2 cm³/mol. The highest BCUT2D eigenvalue weighted by Crippen LogP contribution is 2.38. The predicted octanol–water partition coefficient (Wildman–Crippen LogP) is 2.12. The Morgan fingerprint density at radius 2 is 1.81 bits per heavy atom. The van der Waals surface area contributed by atoms with Gasteiger partial charge in [-0.05, 0) is 56.5 Å². The number of carbonyl (C=O) groups excluding carboxylic acids is 2. The van der Waals surface area contributed by atoms with Crippen LogP contribution >= 0.6 is 0 Å². The number of sulfonamides is 1. The first-order chi connectivity index (χ1) is 12.6. The summed E-state index contributed by atoms with van der Waals surface area (Å²) in [7, 11) is -3.76. The average Bonchev–Trinajstić information content (AvgIpc) is 3.26. The molecule has 0 bridgehead atoms. The second-order valence-electron chi connectivity index (χ2n) is 7.01. The Balaban J connectivity index is 1.80. The third-order valence-electron chi connectivity index (χ3n) is 4.91. The van der Waals surface area contributed by atoms with Crippen LogP contribution in [0.2, 0.25) is 0 Å². The first-order valence-corrected chi connectivity index (χ1v) is 10.2. The van der Waals surface area contributed by atoms with Gasteiger partial charge in [0.25, 0.3) is 0 Å². The van der Waals surface area contributed by atoms with Crippen molar-refractivity contribution in [2.24, 2.45) is 17.0 Å². The number of Topliss-reactive ketones (excluding diaryl/α,β-unsaturated/α-hetero) is 1. The van der Waals surface area contributed by atoms with Gasteiger partial charge in [-0.25, -0.2) is 13.6 Å². The number of ketones is 1. The molecule has 1 fully saturated rings. The van der Waals surface area contributed by atoms with Crippen LogP contribution in [-0.4, -0.2) is 31.3 Å². The Bertz CT molecular complexity index is 1010. The molecule has 7 nitrogen and oxygen atoms in total. The molecule has 8 heteroatoms. The standard InChI is InChI=1S/C19H22N2O5S/c1-11-8-16(11)19(23)26-10-18(22)17-9-12(2)21(13(17)3)14-4-6-15(7-5-14)27(20,24)25/h4-7,9,11,16H,8,10H2,1-3H3,(H2,20,24,25)/t11-,16+/m1/s1. The topological polar surface area (TPSA) is 108 Å².